The van der Waals surface area contributed by atoms with Crippen LogP contribution in [0.3, 0.4) is 0 Å². The fraction of sp³-hybridized carbons (Fsp3) is 0.368. The average molecular weight is 378 g/mol. The van der Waals surface area contributed by atoms with Gasteiger partial charge in [0, 0.05) is 6.04 Å². The van der Waals surface area contributed by atoms with Gasteiger partial charge in [-0.1, -0.05) is 23.8 Å². The third-order valence-electron chi connectivity index (χ3n) is 4.63. The molecule has 0 bridgehead atoms. The van der Waals surface area contributed by atoms with Crippen molar-refractivity contribution in [2.45, 2.75) is 49.6 Å². The van der Waals surface area contributed by atoms with E-state index in [0.717, 1.165) is 5.56 Å². The highest BCUT2D eigenvalue weighted by molar-refractivity contribution is 7.92. The number of hydrogen-bond donors (Lipinski definition) is 3. The van der Waals surface area contributed by atoms with Crippen LogP contribution >= 0.6 is 0 Å². The summed E-state index contributed by atoms with van der Waals surface area (Å²) in [5.74, 6) is -0.514. The maximum atomic E-state index is 14.4. The Labute approximate surface area is 153 Å². The minimum atomic E-state index is -3.82. The zero-order chi connectivity index (χ0) is 18.7. The van der Waals surface area contributed by atoms with Crippen LogP contribution in [0.15, 0.2) is 47.4 Å². The highest BCUT2D eigenvalue weighted by atomic mass is 32.2. The lowest BCUT2D eigenvalue weighted by atomic mass is 9.93. The predicted octanol–water partition coefficient (Wildman–Crippen LogP) is 3.65. The van der Waals surface area contributed by atoms with Crippen molar-refractivity contribution in [3.8, 4) is 0 Å². The molecule has 0 spiro atoms. The van der Waals surface area contributed by atoms with Gasteiger partial charge in [-0.05, 0) is 56.9 Å². The standard InChI is InChI=1S/C19H23FN2O3S/c1-13-5-11-16(12-6-13)26(24,25)22-18-4-2-3-17(20)19(18)21-14-7-9-15(23)10-8-14/h2-6,11-12,14-15,21-23H,7-10H2,1H3. The van der Waals surface area contributed by atoms with Gasteiger partial charge in [-0.2, -0.15) is 0 Å². The minimum absolute atomic E-state index is 0.00192. The first-order valence-electron chi connectivity index (χ1n) is 8.68. The van der Waals surface area contributed by atoms with Crippen molar-refractivity contribution < 1.29 is 17.9 Å². The van der Waals surface area contributed by atoms with Crippen LogP contribution in [0, 0.1) is 12.7 Å². The predicted molar refractivity (Wildman–Crippen MR) is 100 cm³/mol. The highest BCUT2D eigenvalue weighted by Crippen LogP contribution is 2.31. The normalized spacial score (nSPS) is 20.6. The first-order valence-corrected chi connectivity index (χ1v) is 10.2. The van der Waals surface area contributed by atoms with E-state index >= 15 is 0 Å². The number of nitrogens with one attached hydrogen (secondary N) is 2. The Kier molecular flexibility index (Phi) is 5.48. The van der Waals surface area contributed by atoms with Crippen molar-refractivity contribution in [1.29, 1.82) is 0 Å². The largest absolute Gasteiger partial charge is 0.393 e. The first kappa shape index (κ1) is 18.7. The van der Waals surface area contributed by atoms with Crippen molar-refractivity contribution in [1.82, 2.24) is 0 Å². The molecule has 0 aromatic heterocycles. The number of sulfonamides is 1. The van der Waals surface area contributed by atoms with E-state index in [1.807, 2.05) is 6.92 Å². The van der Waals surface area contributed by atoms with Gasteiger partial charge in [-0.15, -0.1) is 0 Å². The van der Waals surface area contributed by atoms with Gasteiger partial charge >= 0.3 is 0 Å². The minimum Gasteiger partial charge on any atom is -0.393 e. The molecule has 1 aliphatic rings. The van der Waals surface area contributed by atoms with Crippen LogP contribution in [0.4, 0.5) is 15.8 Å². The van der Waals surface area contributed by atoms with Crippen LogP contribution < -0.4 is 10.0 Å². The van der Waals surface area contributed by atoms with Crippen LogP contribution in [0.2, 0.25) is 0 Å². The maximum Gasteiger partial charge on any atom is 0.261 e. The van der Waals surface area contributed by atoms with E-state index in [1.54, 1.807) is 12.1 Å². The van der Waals surface area contributed by atoms with E-state index in [4.69, 9.17) is 0 Å². The molecule has 5 nitrogen and oxygen atoms in total. The van der Waals surface area contributed by atoms with E-state index in [0.29, 0.717) is 25.7 Å². The lowest BCUT2D eigenvalue weighted by Crippen LogP contribution is -2.29. The van der Waals surface area contributed by atoms with Crippen molar-refractivity contribution in [3.63, 3.8) is 0 Å². The molecule has 1 aliphatic carbocycles. The van der Waals surface area contributed by atoms with Gasteiger partial charge < -0.3 is 10.4 Å². The molecule has 0 heterocycles. The van der Waals surface area contributed by atoms with Crippen molar-refractivity contribution in [2.75, 3.05) is 10.0 Å². The summed E-state index contributed by atoms with van der Waals surface area (Å²) in [6.07, 6.45) is 2.40. The van der Waals surface area contributed by atoms with E-state index in [1.165, 1.54) is 30.3 Å². The average Bonchev–Trinajstić information content (AvgIpc) is 2.60. The van der Waals surface area contributed by atoms with E-state index in [2.05, 4.69) is 10.0 Å². The molecule has 2 aromatic carbocycles. The van der Waals surface area contributed by atoms with Crippen LogP contribution in [-0.4, -0.2) is 25.7 Å². The third kappa shape index (κ3) is 4.34. The first-order chi connectivity index (χ1) is 12.3. The molecule has 7 heteroatoms. The third-order valence-corrected chi connectivity index (χ3v) is 6.02. The number of aryl methyl sites for hydroxylation is 1. The summed E-state index contributed by atoms with van der Waals surface area (Å²) in [5, 5.41) is 12.7. The van der Waals surface area contributed by atoms with Crippen molar-refractivity contribution >= 4 is 21.4 Å². The Balaban J connectivity index is 1.83. The van der Waals surface area contributed by atoms with Gasteiger partial charge in [0.2, 0.25) is 0 Å². The number of benzene rings is 2. The summed E-state index contributed by atoms with van der Waals surface area (Å²) in [7, 11) is -3.82. The van der Waals surface area contributed by atoms with Crippen LogP contribution in [0.25, 0.3) is 0 Å². The van der Waals surface area contributed by atoms with E-state index in [9.17, 15) is 17.9 Å². The molecule has 3 rings (SSSR count). The highest BCUT2D eigenvalue weighted by Gasteiger charge is 2.23. The number of anilines is 2. The van der Waals surface area contributed by atoms with E-state index < -0.39 is 15.8 Å². The Morgan fingerprint density at radius 3 is 2.35 bits per heavy atom. The molecule has 0 atom stereocenters. The summed E-state index contributed by atoms with van der Waals surface area (Å²) in [6.45, 7) is 1.87. The van der Waals surface area contributed by atoms with Crippen molar-refractivity contribution in [3.05, 3.63) is 53.8 Å². The molecule has 0 saturated heterocycles. The summed E-state index contributed by atoms with van der Waals surface area (Å²) in [5.41, 5.74) is 1.28. The Bertz CT molecular complexity index is 861. The van der Waals surface area contributed by atoms with Gasteiger partial charge in [0.1, 0.15) is 5.82 Å². The molecule has 1 fully saturated rings. The molecule has 1 saturated carbocycles. The number of para-hydroxylation sites is 1. The quantitative estimate of drug-likeness (QED) is 0.742. The summed E-state index contributed by atoms with van der Waals surface area (Å²) < 4.78 is 42.1. The van der Waals surface area contributed by atoms with E-state index in [-0.39, 0.29) is 28.4 Å². The zero-order valence-electron chi connectivity index (χ0n) is 14.6. The van der Waals surface area contributed by atoms with Gasteiger partial charge in [0.15, 0.2) is 0 Å². The molecule has 0 amide bonds. The summed E-state index contributed by atoms with van der Waals surface area (Å²) in [4.78, 5) is 0.124. The molecule has 0 radical (unpaired) electrons. The van der Waals surface area contributed by atoms with Crippen molar-refractivity contribution in [2.24, 2.45) is 0 Å². The Morgan fingerprint density at radius 2 is 1.69 bits per heavy atom. The zero-order valence-corrected chi connectivity index (χ0v) is 15.4. The fourth-order valence-electron chi connectivity index (χ4n) is 3.10. The Morgan fingerprint density at radius 1 is 1.04 bits per heavy atom. The molecular weight excluding hydrogens is 355 g/mol. The number of rotatable bonds is 5. The van der Waals surface area contributed by atoms with Crippen LogP contribution in [-0.2, 0) is 10.0 Å². The SMILES string of the molecule is Cc1ccc(S(=O)(=O)Nc2cccc(F)c2NC2CCC(O)CC2)cc1. The summed E-state index contributed by atoms with van der Waals surface area (Å²) in [6, 6.07) is 10.8. The topological polar surface area (TPSA) is 78.4 Å². The lowest BCUT2D eigenvalue weighted by Gasteiger charge is -2.28. The molecular formula is C19H23FN2O3S. The molecule has 0 aliphatic heterocycles. The monoisotopic (exact) mass is 378 g/mol. The lowest BCUT2D eigenvalue weighted by molar-refractivity contribution is 0.126. The number of hydrogen-bond acceptors (Lipinski definition) is 4. The number of halogens is 1. The number of aliphatic hydroxyl groups excluding tert-OH is 1. The van der Waals surface area contributed by atoms with Gasteiger partial charge in [-0.3, -0.25) is 4.72 Å². The summed E-state index contributed by atoms with van der Waals surface area (Å²) >= 11 is 0. The van der Waals surface area contributed by atoms with Crippen LogP contribution in [0.5, 0.6) is 0 Å². The molecule has 3 N–H and O–H groups in total. The molecule has 2 aromatic rings. The van der Waals surface area contributed by atoms with Gasteiger partial charge in [0.05, 0.1) is 22.4 Å². The molecule has 26 heavy (non-hydrogen) atoms. The molecule has 140 valence electrons. The second-order valence-corrected chi connectivity index (χ2v) is 8.41. The van der Waals surface area contributed by atoms with Gasteiger partial charge in [-0.25, -0.2) is 12.8 Å². The van der Waals surface area contributed by atoms with Gasteiger partial charge in [0.25, 0.3) is 10.0 Å². The Hall–Kier alpha value is -2.12. The fourth-order valence-corrected chi connectivity index (χ4v) is 4.17. The number of aliphatic hydroxyl groups is 1. The smallest absolute Gasteiger partial charge is 0.261 e. The molecule has 0 unspecified atom stereocenters. The maximum absolute atomic E-state index is 14.4. The second kappa shape index (κ2) is 7.63. The van der Waals surface area contributed by atoms with Crippen LogP contribution in [0.1, 0.15) is 31.2 Å². The second-order valence-electron chi connectivity index (χ2n) is 6.73.